The molecule has 0 spiro atoms. The largest absolute Gasteiger partial charge is 0.383 e. The number of benzene rings is 1. The van der Waals surface area contributed by atoms with E-state index in [1.165, 1.54) is 0 Å². The van der Waals surface area contributed by atoms with Crippen molar-refractivity contribution < 1.29 is 5.11 Å². The fraction of sp³-hybridized carbons (Fsp3) is 0.263. The standard InChI is InChI=1S/C19H21N5O/c20-19-15(7-4-8-21-19)12-23-9-10-24-16(13-23)11-17(22-24)18(25)14-5-2-1-3-6-14/h1-8,11,18,25H,9-10,12-13H2,(H2,20,21). The highest BCUT2D eigenvalue weighted by Crippen LogP contribution is 2.24. The Labute approximate surface area is 146 Å². The van der Waals surface area contributed by atoms with E-state index in [1.54, 1.807) is 6.20 Å². The number of rotatable bonds is 4. The van der Waals surface area contributed by atoms with Gasteiger partial charge in [-0.3, -0.25) is 9.58 Å². The number of nitrogens with zero attached hydrogens (tertiary/aromatic N) is 4. The van der Waals surface area contributed by atoms with E-state index in [1.807, 2.05) is 53.2 Å². The summed E-state index contributed by atoms with van der Waals surface area (Å²) in [5.74, 6) is 0.585. The number of fused-ring (bicyclic) bond motifs is 1. The molecular formula is C19H21N5O. The van der Waals surface area contributed by atoms with Gasteiger partial charge in [-0.15, -0.1) is 0 Å². The summed E-state index contributed by atoms with van der Waals surface area (Å²) >= 11 is 0. The molecule has 3 N–H and O–H groups in total. The van der Waals surface area contributed by atoms with Crippen molar-refractivity contribution in [3.05, 3.63) is 77.2 Å². The van der Waals surface area contributed by atoms with E-state index in [9.17, 15) is 5.11 Å². The van der Waals surface area contributed by atoms with Crippen molar-refractivity contribution in [2.24, 2.45) is 0 Å². The smallest absolute Gasteiger partial charge is 0.127 e. The molecule has 25 heavy (non-hydrogen) atoms. The Morgan fingerprint density at radius 1 is 1.12 bits per heavy atom. The second kappa shape index (κ2) is 6.66. The molecule has 0 aliphatic carbocycles. The summed E-state index contributed by atoms with van der Waals surface area (Å²) in [5.41, 5.74) is 9.66. The van der Waals surface area contributed by atoms with Crippen LogP contribution in [0.25, 0.3) is 0 Å². The molecule has 1 aliphatic rings. The molecule has 4 rings (SSSR count). The van der Waals surface area contributed by atoms with Crippen molar-refractivity contribution in [1.82, 2.24) is 19.7 Å². The molecule has 0 saturated carbocycles. The van der Waals surface area contributed by atoms with Crippen molar-refractivity contribution >= 4 is 5.82 Å². The number of hydrogen-bond acceptors (Lipinski definition) is 5. The fourth-order valence-corrected chi connectivity index (χ4v) is 3.24. The molecule has 3 aromatic rings. The van der Waals surface area contributed by atoms with Gasteiger partial charge in [0.2, 0.25) is 0 Å². The van der Waals surface area contributed by atoms with Gasteiger partial charge in [0.25, 0.3) is 0 Å². The molecule has 1 aromatic carbocycles. The zero-order chi connectivity index (χ0) is 17.2. The van der Waals surface area contributed by atoms with Crippen LogP contribution in [0, 0.1) is 0 Å². The van der Waals surface area contributed by atoms with Crippen LogP contribution in [0.5, 0.6) is 0 Å². The van der Waals surface area contributed by atoms with Crippen LogP contribution in [0.2, 0.25) is 0 Å². The summed E-state index contributed by atoms with van der Waals surface area (Å²) in [6.45, 7) is 3.24. The molecule has 6 nitrogen and oxygen atoms in total. The monoisotopic (exact) mass is 335 g/mol. The number of nitrogen functional groups attached to an aromatic ring is 1. The van der Waals surface area contributed by atoms with Gasteiger partial charge < -0.3 is 10.8 Å². The maximum atomic E-state index is 10.6. The number of hydrogen-bond donors (Lipinski definition) is 2. The Bertz CT molecular complexity index is 861. The minimum Gasteiger partial charge on any atom is -0.383 e. The van der Waals surface area contributed by atoms with Crippen molar-refractivity contribution in [2.45, 2.75) is 25.7 Å². The highest BCUT2D eigenvalue weighted by atomic mass is 16.3. The minimum absolute atomic E-state index is 0.585. The Hall–Kier alpha value is -2.70. The van der Waals surface area contributed by atoms with Crippen molar-refractivity contribution in [2.75, 3.05) is 12.3 Å². The highest BCUT2D eigenvalue weighted by molar-refractivity contribution is 5.38. The van der Waals surface area contributed by atoms with E-state index in [0.717, 1.165) is 43.0 Å². The summed E-state index contributed by atoms with van der Waals surface area (Å²) in [5, 5.41) is 15.2. The van der Waals surface area contributed by atoms with Crippen LogP contribution in [0.1, 0.15) is 28.6 Å². The SMILES string of the molecule is Nc1ncccc1CN1CCn2nc(C(O)c3ccccc3)cc2C1. The van der Waals surface area contributed by atoms with Gasteiger partial charge in [0.1, 0.15) is 11.9 Å². The first-order valence-corrected chi connectivity index (χ1v) is 8.42. The molecule has 6 heteroatoms. The van der Waals surface area contributed by atoms with Crippen LogP contribution in [0.4, 0.5) is 5.82 Å². The van der Waals surface area contributed by atoms with E-state index in [4.69, 9.17) is 5.73 Å². The van der Waals surface area contributed by atoms with Crippen LogP contribution >= 0.6 is 0 Å². The summed E-state index contributed by atoms with van der Waals surface area (Å²) in [7, 11) is 0. The van der Waals surface area contributed by atoms with Crippen LogP contribution in [0.3, 0.4) is 0 Å². The van der Waals surface area contributed by atoms with E-state index in [0.29, 0.717) is 11.5 Å². The number of pyridine rings is 1. The average Bonchev–Trinajstić information content (AvgIpc) is 3.07. The second-order valence-electron chi connectivity index (χ2n) is 6.36. The van der Waals surface area contributed by atoms with E-state index in [2.05, 4.69) is 15.0 Å². The summed E-state index contributed by atoms with van der Waals surface area (Å²) < 4.78 is 1.99. The summed E-state index contributed by atoms with van der Waals surface area (Å²) in [6.07, 6.45) is 1.02. The highest BCUT2D eigenvalue weighted by Gasteiger charge is 2.22. The first kappa shape index (κ1) is 15.8. The lowest BCUT2D eigenvalue weighted by Crippen LogP contribution is -2.33. The molecule has 0 saturated heterocycles. The maximum absolute atomic E-state index is 10.6. The Kier molecular flexibility index (Phi) is 4.21. The van der Waals surface area contributed by atoms with Gasteiger partial charge in [-0.05, 0) is 17.7 Å². The molecule has 0 bridgehead atoms. The van der Waals surface area contributed by atoms with Gasteiger partial charge in [0.05, 0.1) is 17.9 Å². The molecule has 2 aromatic heterocycles. The lowest BCUT2D eigenvalue weighted by Gasteiger charge is -2.27. The number of anilines is 1. The molecule has 128 valence electrons. The van der Waals surface area contributed by atoms with Crippen molar-refractivity contribution in [3.63, 3.8) is 0 Å². The van der Waals surface area contributed by atoms with Gasteiger partial charge >= 0.3 is 0 Å². The summed E-state index contributed by atoms with van der Waals surface area (Å²) in [6, 6.07) is 15.5. The van der Waals surface area contributed by atoms with E-state index in [-0.39, 0.29) is 0 Å². The van der Waals surface area contributed by atoms with Gasteiger partial charge in [-0.25, -0.2) is 4.98 Å². The molecule has 0 amide bonds. The Morgan fingerprint density at radius 2 is 1.96 bits per heavy atom. The maximum Gasteiger partial charge on any atom is 0.127 e. The van der Waals surface area contributed by atoms with Crippen LogP contribution in [0.15, 0.2) is 54.7 Å². The lowest BCUT2D eigenvalue weighted by molar-refractivity contribution is 0.200. The average molecular weight is 335 g/mol. The van der Waals surface area contributed by atoms with Gasteiger partial charge in [-0.1, -0.05) is 36.4 Å². The quantitative estimate of drug-likeness (QED) is 0.762. The molecule has 0 radical (unpaired) electrons. The van der Waals surface area contributed by atoms with Crippen molar-refractivity contribution in [1.29, 1.82) is 0 Å². The third-order valence-corrected chi connectivity index (χ3v) is 4.61. The van der Waals surface area contributed by atoms with Gasteiger partial charge in [0, 0.05) is 31.4 Å². The Morgan fingerprint density at radius 3 is 2.76 bits per heavy atom. The summed E-state index contributed by atoms with van der Waals surface area (Å²) in [4.78, 5) is 6.47. The number of nitrogens with two attached hydrogens (primary N) is 1. The minimum atomic E-state index is -0.693. The topological polar surface area (TPSA) is 80.2 Å². The molecule has 0 fully saturated rings. The number of aliphatic hydroxyl groups excluding tert-OH is 1. The number of aromatic nitrogens is 3. The molecule has 3 heterocycles. The molecule has 1 unspecified atom stereocenters. The first-order valence-electron chi connectivity index (χ1n) is 8.42. The molecule has 1 aliphatic heterocycles. The zero-order valence-electron chi connectivity index (χ0n) is 13.9. The van der Waals surface area contributed by atoms with Crippen molar-refractivity contribution in [3.8, 4) is 0 Å². The van der Waals surface area contributed by atoms with E-state index >= 15 is 0 Å². The molecule has 1 atom stereocenters. The van der Waals surface area contributed by atoms with Crippen LogP contribution in [-0.2, 0) is 19.6 Å². The van der Waals surface area contributed by atoms with Gasteiger partial charge in [-0.2, -0.15) is 5.10 Å². The predicted octanol–water partition coefficient (Wildman–Crippen LogP) is 1.96. The predicted molar refractivity (Wildman–Crippen MR) is 95.5 cm³/mol. The van der Waals surface area contributed by atoms with Crippen LogP contribution in [-0.4, -0.2) is 31.3 Å². The third-order valence-electron chi connectivity index (χ3n) is 4.61. The normalized spacial score (nSPS) is 15.7. The Balaban J connectivity index is 1.50. The third kappa shape index (κ3) is 3.26. The second-order valence-corrected chi connectivity index (χ2v) is 6.36. The first-order chi connectivity index (χ1) is 12.2. The van der Waals surface area contributed by atoms with Gasteiger partial charge in [0.15, 0.2) is 0 Å². The van der Waals surface area contributed by atoms with E-state index < -0.39 is 6.10 Å². The fourth-order valence-electron chi connectivity index (χ4n) is 3.24. The van der Waals surface area contributed by atoms with Crippen LogP contribution < -0.4 is 5.73 Å². The number of aliphatic hydroxyl groups is 1. The molecular weight excluding hydrogens is 314 g/mol. The lowest BCUT2D eigenvalue weighted by atomic mass is 10.1. The zero-order valence-corrected chi connectivity index (χ0v) is 13.9.